The second-order valence-electron chi connectivity index (χ2n) is 6.03. The molecule has 0 aliphatic heterocycles. The molecule has 3 aromatic carbocycles. The van der Waals surface area contributed by atoms with E-state index in [0.717, 1.165) is 34.4 Å². The van der Waals surface area contributed by atoms with Gasteiger partial charge in [0.1, 0.15) is 17.2 Å². The quantitative estimate of drug-likeness (QED) is 0.602. The highest BCUT2D eigenvalue weighted by Gasteiger charge is 2.14. The Hall–Kier alpha value is -3.20. The molecule has 0 saturated carbocycles. The number of hydrogen-bond donors (Lipinski definition) is 2. The smallest absolute Gasteiger partial charge is 0.119 e. The highest BCUT2D eigenvalue weighted by atomic mass is 16.5. The number of aromatic hydroxyl groups is 2. The Bertz CT molecular complexity index is 859. The lowest BCUT2D eigenvalue weighted by atomic mass is 9.88. The molecule has 0 radical (unpaired) electrons. The first-order valence-electron chi connectivity index (χ1n) is 8.58. The van der Waals surface area contributed by atoms with E-state index in [4.69, 9.17) is 4.74 Å². The van der Waals surface area contributed by atoms with E-state index in [2.05, 4.69) is 13.0 Å². The van der Waals surface area contributed by atoms with Gasteiger partial charge in [-0.1, -0.05) is 43.3 Å². The van der Waals surface area contributed by atoms with Crippen molar-refractivity contribution in [1.82, 2.24) is 0 Å². The average molecular weight is 346 g/mol. The molecule has 0 bridgehead atoms. The first-order valence-corrected chi connectivity index (χ1v) is 8.58. The number of phenols is 2. The first-order chi connectivity index (χ1) is 12.6. The molecular formula is C23H22O3. The van der Waals surface area contributed by atoms with Gasteiger partial charge < -0.3 is 14.9 Å². The molecule has 2 N–H and O–H groups in total. The summed E-state index contributed by atoms with van der Waals surface area (Å²) < 4.78 is 5.38. The second-order valence-corrected chi connectivity index (χ2v) is 6.03. The topological polar surface area (TPSA) is 49.7 Å². The Kier molecular flexibility index (Phi) is 5.28. The molecule has 3 rings (SSSR count). The summed E-state index contributed by atoms with van der Waals surface area (Å²) in [5, 5.41) is 19.3. The van der Waals surface area contributed by atoms with Crippen LogP contribution in [0, 0.1) is 0 Å². The zero-order valence-corrected chi connectivity index (χ0v) is 14.9. The number of hydrogen-bond acceptors (Lipinski definition) is 3. The Morgan fingerprint density at radius 3 is 1.77 bits per heavy atom. The van der Waals surface area contributed by atoms with Gasteiger partial charge in [0.15, 0.2) is 0 Å². The van der Waals surface area contributed by atoms with Crippen molar-refractivity contribution in [3.63, 3.8) is 0 Å². The van der Waals surface area contributed by atoms with Crippen LogP contribution in [0.2, 0.25) is 0 Å². The molecule has 3 heteroatoms. The molecule has 0 heterocycles. The Morgan fingerprint density at radius 2 is 1.31 bits per heavy atom. The Morgan fingerprint density at radius 1 is 0.769 bits per heavy atom. The predicted molar refractivity (Wildman–Crippen MR) is 105 cm³/mol. The SMILES string of the molecule is CCC(=C(c1ccc(O)cc1)c1ccc(O)cc1)c1cccc(OC)c1. The maximum absolute atomic E-state index is 9.66. The van der Waals surface area contributed by atoms with E-state index in [1.807, 2.05) is 42.5 Å². The van der Waals surface area contributed by atoms with Crippen molar-refractivity contribution in [2.24, 2.45) is 0 Å². The third-order valence-corrected chi connectivity index (χ3v) is 4.39. The van der Waals surface area contributed by atoms with Gasteiger partial charge in [-0.3, -0.25) is 0 Å². The summed E-state index contributed by atoms with van der Waals surface area (Å²) >= 11 is 0. The third-order valence-electron chi connectivity index (χ3n) is 4.39. The molecule has 0 saturated heterocycles. The summed E-state index contributed by atoms with van der Waals surface area (Å²) in [5.74, 6) is 1.28. The van der Waals surface area contributed by atoms with Crippen LogP contribution in [0.15, 0.2) is 72.8 Å². The lowest BCUT2D eigenvalue weighted by molar-refractivity contribution is 0.414. The lowest BCUT2D eigenvalue weighted by Gasteiger charge is -2.17. The largest absolute Gasteiger partial charge is 0.508 e. The van der Waals surface area contributed by atoms with Gasteiger partial charge in [0.25, 0.3) is 0 Å². The summed E-state index contributed by atoms with van der Waals surface area (Å²) in [6.45, 7) is 2.12. The van der Waals surface area contributed by atoms with Crippen molar-refractivity contribution in [3.05, 3.63) is 89.5 Å². The summed E-state index contributed by atoms with van der Waals surface area (Å²) in [5.41, 5.74) is 5.34. The van der Waals surface area contributed by atoms with Gasteiger partial charge >= 0.3 is 0 Å². The molecule has 132 valence electrons. The molecule has 3 nitrogen and oxygen atoms in total. The molecule has 0 aromatic heterocycles. The summed E-state index contributed by atoms with van der Waals surface area (Å²) in [6, 6.07) is 22.4. The van der Waals surface area contributed by atoms with Crippen LogP contribution in [-0.2, 0) is 0 Å². The summed E-state index contributed by atoms with van der Waals surface area (Å²) in [6.07, 6.45) is 0.824. The monoisotopic (exact) mass is 346 g/mol. The summed E-state index contributed by atoms with van der Waals surface area (Å²) in [7, 11) is 1.66. The number of phenolic OH excluding ortho intramolecular Hbond substituents is 2. The van der Waals surface area contributed by atoms with Crippen LogP contribution in [0.3, 0.4) is 0 Å². The minimum Gasteiger partial charge on any atom is -0.508 e. The van der Waals surface area contributed by atoms with Crippen LogP contribution in [0.1, 0.15) is 30.0 Å². The van der Waals surface area contributed by atoms with Crippen LogP contribution >= 0.6 is 0 Å². The number of ether oxygens (including phenoxy) is 1. The normalized spacial score (nSPS) is 10.4. The van der Waals surface area contributed by atoms with Gasteiger partial charge in [-0.25, -0.2) is 0 Å². The van der Waals surface area contributed by atoms with Crippen molar-refractivity contribution in [1.29, 1.82) is 0 Å². The van der Waals surface area contributed by atoms with Gasteiger partial charge in [0.2, 0.25) is 0 Å². The van der Waals surface area contributed by atoms with E-state index in [0.29, 0.717) is 0 Å². The molecule has 0 aliphatic carbocycles. The van der Waals surface area contributed by atoms with E-state index in [9.17, 15) is 10.2 Å². The van der Waals surface area contributed by atoms with Gasteiger partial charge in [-0.05, 0) is 70.7 Å². The molecule has 0 aliphatic rings. The third kappa shape index (κ3) is 3.72. The van der Waals surface area contributed by atoms with Gasteiger partial charge in [0.05, 0.1) is 7.11 Å². The minimum atomic E-state index is 0.234. The minimum absolute atomic E-state index is 0.234. The number of benzene rings is 3. The standard InChI is InChI=1S/C23H22O3/c1-3-22(18-5-4-6-21(15-18)26-2)23(16-7-11-19(24)12-8-16)17-9-13-20(25)14-10-17/h4-15,24-25H,3H2,1-2H3. The number of methoxy groups -OCH3 is 1. The first kappa shape index (κ1) is 17.6. The lowest BCUT2D eigenvalue weighted by Crippen LogP contribution is -1.95. The molecule has 0 amide bonds. The molecule has 0 atom stereocenters. The van der Waals surface area contributed by atoms with Crippen LogP contribution in [0.25, 0.3) is 11.1 Å². The molecule has 3 aromatic rings. The molecule has 26 heavy (non-hydrogen) atoms. The van der Waals surface area contributed by atoms with Crippen molar-refractivity contribution < 1.29 is 14.9 Å². The van der Waals surface area contributed by atoms with Gasteiger partial charge in [-0.15, -0.1) is 0 Å². The fourth-order valence-corrected chi connectivity index (χ4v) is 3.11. The maximum Gasteiger partial charge on any atom is 0.119 e. The highest BCUT2D eigenvalue weighted by molar-refractivity contribution is 5.98. The average Bonchev–Trinajstić information content (AvgIpc) is 2.68. The summed E-state index contributed by atoms with van der Waals surface area (Å²) in [4.78, 5) is 0. The Balaban J connectivity index is 2.26. The van der Waals surface area contributed by atoms with Crippen molar-refractivity contribution in [2.75, 3.05) is 7.11 Å². The van der Waals surface area contributed by atoms with Crippen LogP contribution < -0.4 is 4.74 Å². The number of rotatable bonds is 5. The van der Waals surface area contributed by atoms with E-state index in [-0.39, 0.29) is 11.5 Å². The van der Waals surface area contributed by atoms with Gasteiger partial charge in [0, 0.05) is 0 Å². The van der Waals surface area contributed by atoms with E-state index in [1.54, 1.807) is 31.4 Å². The molecule has 0 spiro atoms. The number of allylic oxidation sites excluding steroid dienone is 1. The van der Waals surface area contributed by atoms with E-state index < -0.39 is 0 Å². The van der Waals surface area contributed by atoms with Gasteiger partial charge in [-0.2, -0.15) is 0 Å². The zero-order chi connectivity index (χ0) is 18.5. The molecular weight excluding hydrogens is 324 g/mol. The highest BCUT2D eigenvalue weighted by Crippen LogP contribution is 2.36. The van der Waals surface area contributed by atoms with Crippen LogP contribution in [-0.4, -0.2) is 17.3 Å². The zero-order valence-electron chi connectivity index (χ0n) is 14.9. The van der Waals surface area contributed by atoms with Crippen molar-refractivity contribution in [3.8, 4) is 17.2 Å². The maximum atomic E-state index is 9.66. The van der Waals surface area contributed by atoms with E-state index >= 15 is 0 Å². The fraction of sp³-hybridized carbons (Fsp3) is 0.130. The van der Waals surface area contributed by atoms with Crippen molar-refractivity contribution >= 4 is 11.1 Å². The Labute approximate surface area is 153 Å². The van der Waals surface area contributed by atoms with E-state index in [1.165, 1.54) is 5.57 Å². The fourth-order valence-electron chi connectivity index (χ4n) is 3.11. The van der Waals surface area contributed by atoms with Crippen LogP contribution in [0.5, 0.6) is 17.2 Å². The van der Waals surface area contributed by atoms with Crippen LogP contribution in [0.4, 0.5) is 0 Å². The molecule has 0 fully saturated rings. The predicted octanol–water partition coefficient (Wildman–Crippen LogP) is 5.48. The molecule has 0 unspecified atom stereocenters. The van der Waals surface area contributed by atoms with Crippen molar-refractivity contribution in [2.45, 2.75) is 13.3 Å². The second kappa shape index (κ2) is 7.79.